The lowest BCUT2D eigenvalue weighted by Crippen LogP contribution is -2.50. The summed E-state index contributed by atoms with van der Waals surface area (Å²) < 4.78 is 0. The van der Waals surface area contributed by atoms with Crippen LogP contribution in [0.25, 0.3) is 0 Å². The molecule has 0 radical (unpaired) electrons. The number of hydrogen-bond donors (Lipinski definition) is 1. The van der Waals surface area contributed by atoms with Crippen LogP contribution in [0.2, 0.25) is 0 Å². The molecule has 1 aliphatic carbocycles. The summed E-state index contributed by atoms with van der Waals surface area (Å²) in [6.45, 7) is 3.44. The van der Waals surface area contributed by atoms with Crippen LogP contribution in [0.15, 0.2) is 24.3 Å². The number of rotatable bonds is 0. The third-order valence-electron chi connectivity index (χ3n) is 3.80. The molecule has 3 atom stereocenters. The molecule has 14 heavy (non-hydrogen) atoms. The molecule has 2 heteroatoms. The Labute approximate surface area is 86.5 Å². The lowest BCUT2D eigenvalue weighted by Gasteiger charge is -2.41. The van der Waals surface area contributed by atoms with Crippen LogP contribution in [0.3, 0.4) is 0 Å². The van der Waals surface area contributed by atoms with Gasteiger partial charge in [0.05, 0.1) is 0 Å². The summed E-state index contributed by atoms with van der Waals surface area (Å²) in [7, 11) is 2.20. The van der Waals surface area contributed by atoms with Crippen LogP contribution in [0.4, 0.5) is 0 Å². The minimum Gasteiger partial charge on any atom is -0.327 e. The first-order valence-corrected chi connectivity index (χ1v) is 5.46. The molecule has 1 heterocycles. The van der Waals surface area contributed by atoms with Crippen LogP contribution in [0, 0.1) is 5.41 Å². The molecule has 1 aliphatic heterocycles. The first-order chi connectivity index (χ1) is 6.64. The third-order valence-corrected chi connectivity index (χ3v) is 3.80. The molecule has 0 saturated carbocycles. The Morgan fingerprint density at radius 2 is 2.21 bits per heavy atom. The summed E-state index contributed by atoms with van der Waals surface area (Å²) in [5, 5.41) is 0. The molecule has 0 aromatic carbocycles. The fourth-order valence-electron chi connectivity index (χ4n) is 2.71. The van der Waals surface area contributed by atoms with Crippen LogP contribution in [0.1, 0.15) is 19.8 Å². The van der Waals surface area contributed by atoms with Gasteiger partial charge in [-0.1, -0.05) is 31.2 Å². The second-order valence-electron chi connectivity index (χ2n) is 4.78. The van der Waals surface area contributed by atoms with Crippen molar-refractivity contribution >= 4 is 0 Å². The zero-order valence-corrected chi connectivity index (χ0v) is 9.11. The SMILES string of the molecule is CN1CCCC(N)C2(C)C=CC=CC12. The van der Waals surface area contributed by atoms with E-state index >= 15 is 0 Å². The van der Waals surface area contributed by atoms with Gasteiger partial charge in [-0.2, -0.15) is 0 Å². The summed E-state index contributed by atoms with van der Waals surface area (Å²) in [6, 6.07) is 0.767. The van der Waals surface area contributed by atoms with E-state index in [-0.39, 0.29) is 5.41 Å². The summed E-state index contributed by atoms with van der Waals surface area (Å²) in [5.41, 5.74) is 6.40. The summed E-state index contributed by atoms with van der Waals surface area (Å²) in [5.74, 6) is 0. The van der Waals surface area contributed by atoms with E-state index in [1.54, 1.807) is 0 Å². The Hall–Kier alpha value is -0.600. The van der Waals surface area contributed by atoms with E-state index in [2.05, 4.69) is 43.2 Å². The van der Waals surface area contributed by atoms with Crippen molar-refractivity contribution in [3.63, 3.8) is 0 Å². The van der Waals surface area contributed by atoms with Gasteiger partial charge in [-0.05, 0) is 26.4 Å². The Morgan fingerprint density at radius 1 is 1.43 bits per heavy atom. The zero-order chi connectivity index (χ0) is 10.2. The van der Waals surface area contributed by atoms with Crippen molar-refractivity contribution in [2.75, 3.05) is 13.6 Å². The summed E-state index contributed by atoms with van der Waals surface area (Å²) >= 11 is 0. The monoisotopic (exact) mass is 192 g/mol. The second kappa shape index (κ2) is 3.52. The molecule has 2 rings (SSSR count). The molecule has 0 aromatic heterocycles. The predicted octanol–water partition coefficient (Wildman–Crippen LogP) is 1.54. The molecule has 2 nitrogen and oxygen atoms in total. The van der Waals surface area contributed by atoms with Gasteiger partial charge >= 0.3 is 0 Å². The van der Waals surface area contributed by atoms with Crippen LogP contribution in [-0.4, -0.2) is 30.6 Å². The Bertz CT molecular complexity index is 269. The Balaban J connectivity index is 2.34. The van der Waals surface area contributed by atoms with E-state index in [4.69, 9.17) is 5.73 Å². The minimum atomic E-state index is 0.125. The molecular formula is C12H20N2. The maximum atomic E-state index is 6.27. The van der Waals surface area contributed by atoms with Gasteiger partial charge in [0.15, 0.2) is 0 Å². The molecule has 3 unspecified atom stereocenters. The normalized spacial score (nSPS) is 43.4. The summed E-state index contributed by atoms with van der Waals surface area (Å²) in [6.07, 6.45) is 11.2. The van der Waals surface area contributed by atoms with Gasteiger partial charge in [0.25, 0.3) is 0 Å². The minimum absolute atomic E-state index is 0.125. The number of nitrogens with two attached hydrogens (primary N) is 1. The molecule has 1 fully saturated rings. The van der Waals surface area contributed by atoms with Gasteiger partial charge in [0.2, 0.25) is 0 Å². The van der Waals surface area contributed by atoms with Crippen molar-refractivity contribution < 1.29 is 0 Å². The van der Waals surface area contributed by atoms with Crippen LogP contribution in [-0.2, 0) is 0 Å². The highest BCUT2D eigenvalue weighted by Crippen LogP contribution is 2.37. The highest BCUT2D eigenvalue weighted by Gasteiger charge is 2.40. The van der Waals surface area contributed by atoms with Crippen molar-refractivity contribution in [3.05, 3.63) is 24.3 Å². The standard InChI is InChI=1S/C12H20N2/c1-12-8-4-3-7-11(12)14(2)9-5-6-10(12)13/h3-4,7-8,10-11H,5-6,9,13H2,1-2H3. The number of nitrogens with zero attached hydrogens (tertiary/aromatic N) is 1. The van der Waals surface area contributed by atoms with E-state index in [0.717, 1.165) is 13.0 Å². The molecule has 78 valence electrons. The molecule has 0 aromatic rings. The molecule has 0 amide bonds. The third kappa shape index (κ3) is 1.43. The van der Waals surface area contributed by atoms with Crippen molar-refractivity contribution in [2.24, 2.45) is 11.1 Å². The second-order valence-corrected chi connectivity index (χ2v) is 4.78. The van der Waals surface area contributed by atoms with Crippen molar-refractivity contribution in [2.45, 2.75) is 31.8 Å². The van der Waals surface area contributed by atoms with Gasteiger partial charge < -0.3 is 5.73 Å². The van der Waals surface area contributed by atoms with Gasteiger partial charge in [0.1, 0.15) is 0 Å². The van der Waals surface area contributed by atoms with Crippen molar-refractivity contribution in [3.8, 4) is 0 Å². The maximum absolute atomic E-state index is 6.27. The quantitative estimate of drug-likeness (QED) is 0.631. The van der Waals surface area contributed by atoms with Crippen LogP contribution < -0.4 is 5.73 Å². The Morgan fingerprint density at radius 3 is 3.00 bits per heavy atom. The van der Waals surface area contributed by atoms with E-state index < -0.39 is 0 Å². The van der Waals surface area contributed by atoms with E-state index in [1.165, 1.54) is 6.42 Å². The smallest absolute Gasteiger partial charge is 0.0381 e. The lowest BCUT2D eigenvalue weighted by molar-refractivity contribution is 0.173. The topological polar surface area (TPSA) is 29.3 Å². The molecule has 1 saturated heterocycles. The average molecular weight is 192 g/mol. The molecular weight excluding hydrogens is 172 g/mol. The average Bonchev–Trinajstić information content (AvgIpc) is 2.27. The number of fused-ring (bicyclic) bond motifs is 1. The van der Waals surface area contributed by atoms with Gasteiger partial charge in [-0.3, -0.25) is 4.90 Å². The van der Waals surface area contributed by atoms with E-state index in [9.17, 15) is 0 Å². The first-order valence-electron chi connectivity index (χ1n) is 5.46. The Kier molecular flexibility index (Phi) is 2.50. The fraction of sp³-hybridized carbons (Fsp3) is 0.667. The molecule has 2 aliphatic rings. The highest BCUT2D eigenvalue weighted by molar-refractivity contribution is 5.25. The van der Waals surface area contributed by atoms with E-state index in [1.807, 2.05) is 0 Å². The number of allylic oxidation sites excluding steroid dienone is 2. The lowest BCUT2D eigenvalue weighted by atomic mass is 9.72. The number of likely N-dealkylation sites (N-methyl/N-ethyl adjacent to an activating group) is 1. The number of likely N-dealkylation sites (tertiary alicyclic amines) is 1. The van der Waals surface area contributed by atoms with Crippen LogP contribution >= 0.6 is 0 Å². The van der Waals surface area contributed by atoms with Crippen LogP contribution in [0.5, 0.6) is 0 Å². The maximum Gasteiger partial charge on any atom is 0.0381 e. The first kappa shape index (κ1) is 9.94. The fourth-order valence-corrected chi connectivity index (χ4v) is 2.71. The highest BCUT2D eigenvalue weighted by atomic mass is 15.1. The summed E-state index contributed by atoms with van der Waals surface area (Å²) in [4.78, 5) is 2.42. The van der Waals surface area contributed by atoms with E-state index in [0.29, 0.717) is 12.1 Å². The largest absolute Gasteiger partial charge is 0.327 e. The predicted molar refractivity (Wildman–Crippen MR) is 60.0 cm³/mol. The van der Waals surface area contributed by atoms with Crippen molar-refractivity contribution in [1.29, 1.82) is 0 Å². The molecule has 2 N–H and O–H groups in total. The molecule has 0 spiro atoms. The molecule has 0 bridgehead atoms. The zero-order valence-electron chi connectivity index (χ0n) is 9.11. The van der Waals surface area contributed by atoms with Gasteiger partial charge in [0, 0.05) is 17.5 Å². The van der Waals surface area contributed by atoms with Gasteiger partial charge in [-0.15, -0.1) is 0 Å². The van der Waals surface area contributed by atoms with Crippen molar-refractivity contribution in [1.82, 2.24) is 4.90 Å². The number of hydrogen-bond acceptors (Lipinski definition) is 2. The van der Waals surface area contributed by atoms with Gasteiger partial charge in [-0.25, -0.2) is 0 Å².